The van der Waals surface area contributed by atoms with Crippen LogP contribution in [0.5, 0.6) is 0 Å². The van der Waals surface area contributed by atoms with Crippen LogP contribution in [0.15, 0.2) is 50.1 Å². The smallest absolute Gasteiger partial charge is 0.243 e. The van der Waals surface area contributed by atoms with Crippen molar-refractivity contribution >= 4 is 29.5 Å². The second-order valence-electron chi connectivity index (χ2n) is 11.7. The summed E-state index contributed by atoms with van der Waals surface area (Å²) in [4.78, 5) is 91.8. The van der Waals surface area contributed by atoms with E-state index in [0.29, 0.717) is 35.6 Å². The van der Waals surface area contributed by atoms with Gasteiger partial charge in [-0.1, -0.05) is 0 Å². The molecule has 5 amide bonds. The van der Waals surface area contributed by atoms with E-state index in [0.717, 1.165) is 0 Å². The lowest BCUT2D eigenvalue weighted by atomic mass is 10.1. The summed E-state index contributed by atoms with van der Waals surface area (Å²) in [6.45, 7) is 0.209. The highest BCUT2D eigenvalue weighted by Gasteiger charge is 2.29. The van der Waals surface area contributed by atoms with E-state index in [1.54, 1.807) is 18.6 Å². The van der Waals surface area contributed by atoms with Crippen LogP contribution in [-0.4, -0.2) is 106 Å². The highest BCUT2D eigenvalue weighted by atomic mass is 16.2. The Hall–Kier alpha value is -5.89. The molecule has 0 unspecified atom stereocenters. The first-order valence-electron chi connectivity index (χ1n) is 16.0. The van der Waals surface area contributed by atoms with Crippen LogP contribution < -0.4 is 38.5 Å². The molecule has 0 aliphatic rings. The number of primary amides is 1. The Morgan fingerprint density at radius 2 is 0.960 bits per heavy atom. The second-order valence-corrected chi connectivity index (χ2v) is 11.7. The van der Waals surface area contributed by atoms with E-state index in [2.05, 4.69) is 61.1 Å². The van der Waals surface area contributed by atoms with Crippen molar-refractivity contribution in [3.8, 4) is 0 Å². The van der Waals surface area contributed by atoms with Crippen LogP contribution in [0, 0.1) is 0 Å². The summed E-state index contributed by atoms with van der Waals surface area (Å²) < 4.78 is 0. The lowest BCUT2D eigenvalue weighted by molar-refractivity contribution is -0.131. The van der Waals surface area contributed by atoms with Crippen LogP contribution in [0.2, 0.25) is 0 Å². The zero-order valence-electron chi connectivity index (χ0n) is 27.2. The van der Waals surface area contributed by atoms with Crippen molar-refractivity contribution in [3.05, 3.63) is 72.9 Å². The Morgan fingerprint density at radius 3 is 1.36 bits per heavy atom. The molecule has 4 rings (SSSR count). The SMILES string of the molecule is NC(=O)[C@H](CCCCNC(=O)[C@H](Cc1cnc[nH]1)NC(=O)[C@@H](N)Cc1cnc[nH]1)NC(=O)[C@H](Cc1cnc[nH]1)NC(=O)[C@@H](N)Cc1cnc[nH]1. The summed E-state index contributed by atoms with van der Waals surface area (Å²) in [7, 11) is 0. The Kier molecular flexibility index (Phi) is 13.7. The van der Waals surface area contributed by atoms with Gasteiger partial charge in [0.05, 0.1) is 37.4 Å². The summed E-state index contributed by atoms with van der Waals surface area (Å²) >= 11 is 0. The number of aromatic amines is 4. The van der Waals surface area contributed by atoms with Gasteiger partial charge < -0.3 is 58.4 Å². The average Bonchev–Trinajstić information content (AvgIpc) is 3.93. The molecule has 0 bridgehead atoms. The fourth-order valence-corrected chi connectivity index (χ4v) is 5.03. The maximum atomic E-state index is 13.3. The van der Waals surface area contributed by atoms with Gasteiger partial charge in [-0.05, 0) is 19.3 Å². The van der Waals surface area contributed by atoms with Crippen LogP contribution in [0.4, 0.5) is 0 Å². The highest BCUT2D eigenvalue weighted by molar-refractivity contribution is 5.93. The molecule has 20 nitrogen and oxygen atoms in total. The highest BCUT2D eigenvalue weighted by Crippen LogP contribution is 2.06. The minimum Gasteiger partial charge on any atom is -0.368 e. The minimum absolute atomic E-state index is 0.0518. The number of aromatic nitrogens is 8. The van der Waals surface area contributed by atoms with Gasteiger partial charge >= 0.3 is 0 Å². The van der Waals surface area contributed by atoms with Gasteiger partial charge in [0.25, 0.3) is 0 Å². The summed E-state index contributed by atoms with van der Waals surface area (Å²) in [5, 5.41) is 10.8. The number of carbonyl (C=O) groups excluding carboxylic acids is 5. The molecule has 0 spiro atoms. The largest absolute Gasteiger partial charge is 0.368 e. The summed E-state index contributed by atoms with van der Waals surface area (Å²) in [5.41, 5.74) is 20.3. The Balaban J connectivity index is 1.27. The predicted molar refractivity (Wildman–Crippen MR) is 177 cm³/mol. The standard InChI is InChI=1S/C30H43N15O5/c31-21(5-17-9-34-13-39-17)27(47)44-24(7-19-11-36-15-41-19)29(49)38-4-2-1-3-23(26(33)46)43-30(50)25(8-20-12-37-16-42-20)45-28(48)22(32)6-18-10-35-14-40-18/h9-16,21-25H,1-8,31-32H2,(H2,33,46)(H,34,39)(H,35,40)(H,36,41)(H,37,42)(H,38,49)(H,43,50)(H,44,47)(H,45,48)/t21-,22-,23-,24-,25-/m0/s1. The normalized spacial score (nSPS) is 14.1. The number of nitrogens with one attached hydrogen (secondary N) is 8. The molecule has 0 saturated heterocycles. The molecule has 4 aromatic heterocycles. The third kappa shape index (κ3) is 11.7. The molecule has 5 atom stereocenters. The van der Waals surface area contributed by atoms with Crippen molar-refractivity contribution in [1.29, 1.82) is 0 Å². The Morgan fingerprint density at radius 1 is 0.560 bits per heavy atom. The molecule has 0 aliphatic carbocycles. The van der Waals surface area contributed by atoms with Crippen molar-refractivity contribution < 1.29 is 24.0 Å². The predicted octanol–water partition coefficient (Wildman–Crippen LogP) is -3.27. The minimum atomic E-state index is -1.09. The molecular formula is C30H43N15O5. The number of imidazole rings is 4. The van der Waals surface area contributed by atoms with Crippen LogP contribution in [0.25, 0.3) is 0 Å². The lowest BCUT2D eigenvalue weighted by Gasteiger charge is -2.23. The van der Waals surface area contributed by atoms with E-state index in [-0.39, 0.29) is 38.6 Å². The third-order valence-electron chi connectivity index (χ3n) is 7.77. The number of unbranched alkanes of at least 4 members (excludes halogenated alkanes) is 1. The fraction of sp³-hybridized carbons (Fsp3) is 0.433. The maximum absolute atomic E-state index is 13.3. The first-order chi connectivity index (χ1) is 24.1. The van der Waals surface area contributed by atoms with E-state index in [1.807, 2.05) is 0 Å². The first kappa shape index (κ1) is 36.9. The Bertz CT molecular complexity index is 1620. The second kappa shape index (κ2) is 18.6. The van der Waals surface area contributed by atoms with Gasteiger partial charge in [-0.2, -0.15) is 0 Å². The van der Waals surface area contributed by atoms with E-state index in [9.17, 15) is 24.0 Å². The van der Waals surface area contributed by atoms with Gasteiger partial charge in [0.1, 0.15) is 18.1 Å². The van der Waals surface area contributed by atoms with Gasteiger partial charge in [0.15, 0.2) is 0 Å². The molecular weight excluding hydrogens is 650 g/mol. The van der Waals surface area contributed by atoms with Gasteiger partial charge in [0, 0.05) is 79.8 Å². The van der Waals surface area contributed by atoms with Crippen LogP contribution in [0.1, 0.15) is 42.0 Å². The summed E-state index contributed by atoms with van der Waals surface area (Å²) in [6, 6.07) is -4.98. The van der Waals surface area contributed by atoms with Crippen molar-refractivity contribution in [2.24, 2.45) is 17.2 Å². The Labute approximate surface area is 286 Å². The number of nitrogens with two attached hydrogens (primary N) is 3. The number of nitrogens with zero attached hydrogens (tertiary/aromatic N) is 4. The number of H-pyrrole nitrogens is 4. The van der Waals surface area contributed by atoms with Gasteiger partial charge in [-0.15, -0.1) is 0 Å². The number of carbonyl (C=O) groups is 5. The molecule has 50 heavy (non-hydrogen) atoms. The van der Waals surface area contributed by atoms with Gasteiger partial charge in [-0.25, -0.2) is 19.9 Å². The van der Waals surface area contributed by atoms with Gasteiger partial charge in [-0.3, -0.25) is 24.0 Å². The maximum Gasteiger partial charge on any atom is 0.243 e. The van der Waals surface area contributed by atoms with Crippen molar-refractivity contribution in [2.75, 3.05) is 6.54 Å². The number of rotatable bonds is 21. The molecule has 0 fully saturated rings. The van der Waals surface area contributed by atoms with Crippen molar-refractivity contribution in [2.45, 2.75) is 75.2 Å². The topological polar surface area (TPSA) is 326 Å². The molecule has 4 aromatic rings. The lowest BCUT2D eigenvalue weighted by Crippen LogP contribution is -2.56. The molecule has 4 heterocycles. The van der Waals surface area contributed by atoms with Crippen molar-refractivity contribution in [1.82, 2.24) is 61.1 Å². The van der Waals surface area contributed by atoms with Gasteiger partial charge in [0.2, 0.25) is 29.5 Å². The number of hydrogen-bond acceptors (Lipinski definition) is 11. The molecule has 0 aromatic carbocycles. The molecule has 268 valence electrons. The van der Waals surface area contributed by atoms with E-state index in [1.165, 1.54) is 31.5 Å². The van der Waals surface area contributed by atoms with Crippen molar-refractivity contribution in [3.63, 3.8) is 0 Å². The molecule has 0 aliphatic heterocycles. The third-order valence-corrected chi connectivity index (χ3v) is 7.77. The number of amides is 5. The summed E-state index contributed by atoms with van der Waals surface area (Å²) in [6.07, 6.45) is 13.6. The van der Waals surface area contributed by atoms with E-state index < -0.39 is 59.7 Å². The monoisotopic (exact) mass is 693 g/mol. The number of hydrogen-bond donors (Lipinski definition) is 11. The zero-order chi connectivity index (χ0) is 35.9. The molecule has 14 N–H and O–H groups in total. The average molecular weight is 694 g/mol. The van der Waals surface area contributed by atoms with Crippen LogP contribution >= 0.6 is 0 Å². The molecule has 20 heteroatoms. The fourth-order valence-electron chi connectivity index (χ4n) is 5.03. The summed E-state index contributed by atoms with van der Waals surface area (Å²) in [5.74, 6) is -2.93. The van der Waals surface area contributed by atoms with Crippen LogP contribution in [-0.2, 0) is 49.7 Å². The zero-order valence-corrected chi connectivity index (χ0v) is 27.2. The molecule has 0 saturated carbocycles. The molecule has 0 radical (unpaired) electrons. The van der Waals surface area contributed by atoms with E-state index >= 15 is 0 Å². The quantitative estimate of drug-likeness (QED) is 0.0385. The first-order valence-corrected chi connectivity index (χ1v) is 16.0. The van der Waals surface area contributed by atoms with E-state index in [4.69, 9.17) is 17.2 Å². The van der Waals surface area contributed by atoms with Crippen LogP contribution in [0.3, 0.4) is 0 Å².